The van der Waals surface area contributed by atoms with Crippen LogP contribution in [0, 0.1) is 0 Å². The van der Waals surface area contributed by atoms with E-state index in [1.54, 1.807) is 0 Å². The molecule has 0 saturated heterocycles. The van der Waals surface area contributed by atoms with E-state index in [0.29, 0.717) is 0 Å². The van der Waals surface area contributed by atoms with Crippen LogP contribution in [0.2, 0.25) is 0 Å². The first-order chi connectivity index (χ1) is 14.9. The Kier molecular flexibility index (Phi) is 6.86. The number of benzene rings is 4. The molecule has 0 aromatic heterocycles. The highest BCUT2D eigenvalue weighted by molar-refractivity contribution is 8.01. The predicted molar refractivity (Wildman–Crippen MR) is 140 cm³/mol. The Morgan fingerprint density at radius 2 is 0.633 bits per heavy atom. The summed E-state index contributed by atoms with van der Waals surface area (Å²) in [4.78, 5) is 5.69. The lowest BCUT2D eigenvalue weighted by Gasteiger charge is -2.13. The van der Waals surface area contributed by atoms with E-state index in [2.05, 4.69) is 72.8 Å². The summed E-state index contributed by atoms with van der Waals surface area (Å²) in [5, 5.41) is 5.65. The van der Waals surface area contributed by atoms with Crippen LogP contribution in [0.15, 0.2) is 92.4 Å². The van der Waals surface area contributed by atoms with Gasteiger partial charge in [-0.2, -0.15) is 0 Å². The number of thioether (sulfide) groups is 4. The lowest BCUT2D eigenvalue weighted by atomic mass is 10.1. The summed E-state index contributed by atoms with van der Waals surface area (Å²) >= 11 is 8.04. The van der Waals surface area contributed by atoms with Crippen LogP contribution in [-0.4, -0.2) is 23.0 Å². The third-order valence-electron chi connectivity index (χ3n) is 5.30. The Morgan fingerprint density at radius 1 is 0.367 bits per heavy atom. The molecular weight excluding hydrogens is 441 g/mol. The second-order valence-corrected chi connectivity index (χ2v) is 11.9. The van der Waals surface area contributed by atoms with Crippen molar-refractivity contribution in [2.45, 2.75) is 32.4 Å². The SMILES string of the molecule is c1ccc2c3ccc(c2c1)SCCCSc1ccc(c2ccccc12)SCCCS3. The topological polar surface area (TPSA) is 0 Å². The lowest BCUT2D eigenvalue weighted by Crippen LogP contribution is -1.90. The molecule has 152 valence electrons. The summed E-state index contributed by atoms with van der Waals surface area (Å²) in [5.74, 6) is 4.65. The monoisotopic (exact) mass is 464 g/mol. The Labute approximate surface area is 196 Å². The van der Waals surface area contributed by atoms with Crippen LogP contribution in [0.25, 0.3) is 21.5 Å². The number of hydrogen-bond donors (Lipinski definition) is 0. The summed E-state index contributed by atoms with van der Waals surface area (Å²) in [6.45, 7) is 0. The second-order valence-electron chi connectivity index (χ2n) is 7.32. The molecule has 0 N–H and O–H groups in total. The molecule has 0 aliphatic carbocycles. The van der Waals surface area contributed by atoms with Crippen molar-refractivity contribution in [3.05, 3.63) is 72.8 Å². The minimum absolute atomic E-state index is 1.16. The van der Waals surface area contributed by atoms with Crippen molar-refractivity contribution in [1.29, 1.82) is 0 Å². The Bertz CT molecular complexity index is 986. The maximum atomic E-state index is 2.34. The van der Waals surface area contributed by atoms with E-state index in [0.717, 1.165) is 23.0 Å². The molecule has 4 bridgehead atoms. The van der Waals surface area contributed by atoms with Gasteiger partial charge in [-0.05, 0) is 81.7 Å². The molecule has 2 aliphatic rings. The normalized spacial score (nSPS) is 16.0. The van der Waals surface area contributed by atoms with Crippen molar-refractivity contribution in [1.82, 2.24) is 0 Å². The van der Waals surface area contributed by atoms with E-state index in [4.69, 9.17) is 0 Å². The highest BCUT2D eigenvalue weighted by atomic mass is 32.2. The van der Waals surface area contributed by atoms with E-state index in [1.807, 2.05) is 47.0 Å². The number of hydrogen-bond acceptors (Lipinski definition) is 4. The first kappa shape index (κ1) is 20.7. The maximum Gasteiger partial charge on any atom is 0.0151 e. The third-order valence-corrected chi connectivity index (χ3v) is 9.93. The van der Waals surface area contributed by atoms with Crippen molar-refractivity contribution < 1.29 is 0 Å². The van der Waals surface area contributed by atoms with Crippen LogP contribution in [0.4, 0.5) is 0 Å². The lowest BCUT2D eigenvalue weighted by molar-refractivity contribution is 1.12. The largest absolute Gasteiger partial charge is 0.125 e. The summed E-state index contributed by atoms with van der Waals surface area (Å²) in [6, 6.07) is 27.2. The summed E-state index contributed by atoms with van der Waals surface area (Å²) in [5.41, 5.74) is 0. The highest BCUT2D eigenvalue weighted by Crippen LogP contribution is 2.38. The summed E-state index contributed by atoms with van der Waals surface area (Å²) in [7, 11) is 0. The van der Waals surface area contributed by atoms with Crippen molar-refractivity contribution in [3.8, 4) is 0 Å². The molecule has 4 aromatic carbocycles. The molecular formula is C26H24S4. The Hall–Kier alpha value is -1.20. The van der Waals surface area contributed by atoms with E-state index in [-0.39, 0.29) is 0 Å². The van der Waals surface area contributed by atoms with Gasteiger partial charge in [-0.15, -0.1) is 47.0 Å². The zero-order valence-corrected chi connectivity index (χ0v) is 20.1. The average molecular weight is 465 g/mol. The van der Waals surface area contributed by atoms with Gasteiger partial charge in [0.25, 0.3) is 0 Å². The molecule has 0 unspecified atom stereocenters. The predicted octanol–water partition coefficient (Wildman–Crippen LogP) is 8.86. The average Bonchev–Trinajstić information content (AvgIpc) is 2.80. The van der Waals surface area contributed by atoms with E-state index < -0.39 is 0 Å². The van der Waals surface area contributed by atoms with Gasteiger partial charge in [0.2, 0.25) is 0 Å². The smallest absolute Gasteiger partial charge is 0.0151 e. The quantitative estimate of drug-likeness (QED) is 0.255. The van der Waals surface area contributed by atoms with Gasteiger partial charge in [0.15, 0.2) is 0 Å². The van der Waals surface area contributed by atoms with E-state index in [9.17, 15) is 0 Å². The third kappa shape index (κ3) is 4.52. The van der Waals surface area contributed by atoms with Gasteiger partial charge in [-0.1, -0.05) is 48.5 Å². The molecule has 0 saturated carbocycles. The fourth-order valence-corrected chi connectivity index (χ4v) is 8.23. The second kappa shape index (κ2) is 9.95. The van der Waals surface area contributed by atoms with Crippen LogP contribution in [0.1, 0.15) is 12.8 Å². The molecule has 4 aromatic rings. The standard InChI is InChI=1S/C26H24S4/c1-2-8-20-19(7-1)23-11-12-24(20)28-16-6-18-30-26-14-13-25(29-17-5-15-27-23)21-9-3-4-10-22(21)26/h1-4,7-14H,5-6,15-18H2. The van der Waals surface area contributed by atoms with Crippen LogP contribution >= 0.6 is 47.0 Å². The van der Waals surface area contributed by atoms with Crippen molar-refractivity contribution in [2.75, 3.05) is 23.0 Å². The Morgan fingerprint density at radius 3 is 0.900 bits per heavy atom. The van der Waals surface area contributed by atoms with Gasteiger partial charge in [-0.25, -0.2) is 0 Å². The molecule has 2 aliphatic heterocycles. The van der Waals surface area contributed by atoms with Crippen LogP contribution in [0.3, 0.4) is 0 Å². The van der Waals surface area contributed by atoms with Crippen LogP contribution in [0.5, 0.6) is 0 Å². The molecule has 0 amide bonds. The zero-order chi connectivity index (χ0) is 20.2. The molecule has 30 heavy (non-hydrogen) atoms. The molecule has 0 radical (unpaired) electrons. The maximum absolute atomic E-state index is 2.34. The minimum atomic E-state index is 1.16. The zero-order valence-electron chi connectivity index (χ0n) is 16.8. The summed E-state index contributed by atoms with van der Waals surface area (Å²) in [6.07, 6.45) is 2.43. The van der Waals surface area contributed by atoms with Gasteiger partial charge in [0.1, 0.15) is 0 Å². The Balaban J connectivity index is 1.43. The molecule has 0 spiro atoms. The number of fused-ring (bicyclic) bond motifs is 10. The molecule has 0 fully saturated rings. The van der Waals surface area contributed by atoms with Crippen molar-refractivity contribution in [2.24, 2.45) is 0 Å². The molecule has 4 heteroatoms. The van der Waals surface area contributed by atoms with Gasteiger partial charge >= 0.3 is 0 Å². The molecule has 0 nitrogen and oxygen atoms in total. The minimum Gasteiger partial charge on any atom is -0.125 e. The van der Waals surface area contributed by atoms with Crippen LogP contribution < -0.4 is 0 Å². The van der Waals surface area contributed by atoms with Crippen LogP contribution in [-0.2, 0) is 0 Å². The fraction of sp³-hybridized carbons (Fsp3) is 0.231. The molecule has 2 heterocycles. The highest BCUT2D eigenvalue weighted by Gasteiger charge is 2.10. The summed E-state index contributed by atoms with van der Waals surface area (Å²) < 4.78 is 0. The number of rotatable bonds is 0. The fourth-order valence-electron chi connectivity index (χ4n) is 3.84. The van der Waals surface area contributed by atoms with Gasteiger partial charge in [0.05, 0.1) is 0 Å². The first-order valence-electron chi connectivity index (χ1n) is 10.4. The van der Waals surface area contributed by atoms with Gasteiger partial charge in [0, 0.05) is 19.6 Å². The van der Waals surface area contributed by atoms with Gasteiger partial charge in [-0.3, -0.25) is 0 Å². The van der Waals surface area contributed by atoms with Crippen molar-refractivity contribution in [3.63, 3.8) is 0 Å². The molecule has 0 atom stereocenters. The van der Waals surface area contributed by atoms with E-state index >= 15 is 0 Å². The first-order valence-corrected chi connectivity index (χ1v) is 14.4. The van der Waals surface area contributed by atoms with E-state index in [1.165, 1.54) is 54.0 Å². The molecule has 6 rings (SSSR count). The van der Waals surface area contributed by atoms with Crippen molar-refractivity contribution >= 4 is 68.6 Å². The van der Waals surface area contributed by atoms with Gasteiger partial charge < -0.3 is 0 Å².